The third-order valence-electron chi connectivity index (χ3n) is 3.72. The van der Waals surface area contributed by atoms with E-state index in [9.17, 15) is 8.42 Å². The summed E-state index contributed by atoms with van der Waals surface area (Å²) in [5.74, 6) is 0. The molecule has 0 saturated heterocycles. The molecule has 2 N–H and O–H groups in total. The number of anilines is 1. The summed E-state index contributed by atoms with van der Waals surface area (Å²) in [5.41, 5.74) is 8.70. The molecule has 0 bridgehead atoms. The fourth-order valence-electron chi connectivity index (χ4n) is 2.57. The first-order valence-electron chi connectivity index (χ1n) is 6.47. The standard InChI is InChI=1S/C14H17N3O2S/c1-16-7-6-12(9-16)20(18,19)17-8-5-11-3-2-4-14(15)13(11)10-17/h2-4,6-7,9H,5,8,10,15H2,1H3. The number of hydrogen-bond donors (Lipinski definition) is 1. The summed E-state index contributed by atoms with van der Waals surface area (Å²) in [6.45, 7) is 0.840. The Kier molecular flexibility index (Phi) is 3.07. The van der Waals surface area contributed by atoms with Crippen LogP contribution >= 0.6 is 0 Å². The first-order valence-corrected chi connectivity index (χ1v) is 7.91. The number of nitrogens with two attached hydrogens (primary N) is 1. The number of rotatable bonds is 2. The van der Waals surface area contributed by atoms with Crippen molar-refractivity contribution in [3.05, 3.63) is 47.8 Å². The van der Waals surface area contributed by atoms with E-state index in [1.807, 2.05) is 25.2 Å². The Hall–Kier alpha value is -1.79. The summed E-state index contributed by atoms with van der Waals surface area (Å²) < 4.78 is 28.4. The van der Waals surface area contributed by atoms with Crippen molar-refractivity contribution < 1.29 is 8.42 Å². The van der Waals surface area contributed by atoms with Crippen LogP contribution in [-0.4, -0.2) is 23.8 Å². The molecular formula is C14H17N3O2S. The Balaban J connectivity index is 1.96. The number of nitrogens with zero attached hydrogens (tertiary/aromatic N) is 2. The van der Waals surface area contributed by atoms with Crippen LogP contribution < -0.4 is 5.73 Å². The molecule has 2 heterocycles. The molecule has 20 heavy (non-hydrogen) atoms. The summed E-state index contributed by atoms with van der Waals surface area (Å²) in [6, 6.07) is 7.37. The molecule has 6 heteroatoms. The number of aryl methyl sites for hydroxylation is 1. The minimum atomic E-state index is -3.44. The van der Waals surface area contributed by atoms with E-state index in [4.69, 9.17) is 5.73 Å². The molecule has 1 aromatic carbocycles. The van der Waals surface area contributed by atoms with Crippen LogP contribution in [0.15, 0.2) is 41.6 Å². The molecule has 0 fully saturated rings. The van der Waals surface area contributed by atoms with Gasteiger partial charge in [-0.05, 0) is 29.7 Å². The van der Waals surface area contributed by atoms with E-state index in [1.165, 1.54) is 4.31 Å². The monoisotopic (exact) mass is 291 g/mol. The number of fused-ring (bicyclic) bond motifs is 1. The third-order valence-corrected chi connectivity index (χ3v) is 5.55. The zero-order valence-electron chi connectivity index (χ0n) is 11.3. The summed E-state index contributed by atoms with van der Waals surface area (Å²) >= 11 is 0. The Morgan fingerprint density at radius 1 is 1.25 bits per heavy atom. The van der Waals surface area contributed by atoms with Gasteiger partial charge < -0.3 is 10.3 Å². The lowest BCUT2D eigenvalue weighted by Gasteiger charge is -2.28. The van der Waals surface area contributed by atoms with Crippen LogP contribution in [-0.2, 0) is 30.0 Å². The predicted octanol–water partition coefficient (Wildman–Crippen LogP) is 1.35. The van der Waals surface area contributed by atoms with Gasteiger partial charge in [0.1, 0.15) is 0 Å². The number of hydrogen-bond acceptors (Lipinski definition) is 3. The quantitative estimate of drug-likeness (QED) is 0.849. The van der Waals surface area contributed by atoms with Crippen LogP contribution in [0.1, 0.15) is 11.1 Å². The van der Waals surface area contributed by atoms with Crippen molar-refractivity contribution in [1.82, 2.24) is 8.87 Å². The Labute approximate surface area is 118 Å². The summed E-state index contributed by atoms with van der Waals surface area (Å²) in [4.78, 5) is 0.331. The van der Waals surface area contributed by atoms with E-state index < -0.39 is 10.0 Å². The van der Waals surface area contributed by atoms with Gasteiger partial charge in [-0.25, -0.2) is 8.42 Å². The third kappa shape index (κ3) is 2.10. The van der Waals surface area contributed by atoms with E-state index in [0.29, 0.717) is 30.1 Å². The van der Waals surface area contributed by atoms with E-state index in [-0.39, 0.29) is 0 Å². The lowest BCUT2D eigenvalue weighted by molar-refractivity contribution is 0.392. The van der Waals surface area contributed by atoms with Crippen LogP contribution in [0.5, 0.6) is 0 Å². The molecule has 0 aliphatic carbocycles. The van der Waals surface area contributed by atoms with Crippen LogP contribution in [0.25, 0.3) is 0 Å². The number of benzene rings is 1. The largest absolute Gasteiger partial charge is 0.398 e. The van der Waals surface area contributed by atoms with Crippen molar-refractivity contribution in [3.8, 4) is 0 Å². The Bertz CT molecular complexity index is 750. The summed E-state index contributed by atoms with van der Waals surface area (Å²) in [5, 5.41) is 0. The molecule has 106 valence electrons. The molecule has 1 aliphatic heterocycles. The van der Waals surface area contributed by atoms with Crippen LogP contribution in [0.2, 0.25) is 0 Å². The van der Waals surface area contributed by atoms with Crippen molar-refractivity contribution in [2.24, 2.45) is 7.05 Å². The highest BCUT2D eigenvalue weighted by Crippen LogP contribution is 2.28. The second-order valence-corrected chi connectivity index (χ2v) is 7.02. The molecule has 3 rings (SSSR count). The van der Waals surface area contributed by atoms with Crippen LogP contribution in [0.3, 0.4) is 0 Å². The maximum atomic E-state index is 12.6. The van der Waals surface area contributed by atoms with E-state index >= 15 is 0 Å². The molecular weight excluding hydrogens is 274 g/mol. The van der Waals surface area contributed by atoms with Gasteiger partial charge in [0.15, 0.2) is 0 Å². The highest BCUT2D eigenvalue weighted by Gasteiger charge is 2.29. The fourth-order valence-corrected chi connectivity index (χ4v) is 4.03. The summed E-state index contributed by atoms with van der Waals surface area (Å²) in [7, 11) is -1.64. The zero-order valence-corrected chi connectivity index (χ0v) is 12.1. The molecule has 0 atom stereocenters. The lowest BCUT2D eigenvalue weighted by atomic mass is 10.00. The zero-order chi connectivity index (χ0) is 14.3. The van der Waals surface area contributed by atoms with Crippen molar-refractivity contribution in [3.63, 3.8) is 0 Å². The Morgan fingerprint density at radius 2 is 2.05 bits per heavy atom. The van der Waals surface area contributed by atoms with E-state index in [2.05, 4.69) is 0 Å². The van der Waals surface area contributed by atoms with E-state index in [1.54, 1.807) is 23.0 Å². The molecule has 0 amide bonds. The predicted molar refractivity (Wildman–Crippen MR) is 77.6 cm³/mol. The molecule has 1 aromatic heterocycles. The number of nitrogen functional groups attached to an aromatic ring is 1. The van der Waals surface area contributed by atoms with Gasteiger partial charge in [0.05, 0.1) is 4.90 Å². The Morgan fingerprint density at radius 3 is 2.75 bits per heavy atom. The average Bonchev–Trinajstić information content (AvgIpc) is 2.86. The topological polar surface area (TPSA) is 68.3 Å². The van der Waals surface area contributed by atoms with Gasteiger partial charge in [-0.3, -0.25) is 0 Å². The maximum Gasteiger partial charge on any atom is 0.244 e. The van der Waals surface area contributed by atoms with Crippen molar-refractivity contribution in [2.45, 2.75) is 17.9 Å². The van der Waals surface area contributed by atoms with Gasteiger partial charge in [-0.2, -0.15) is 4.31 Å². The second kappa shape index (κ2) is 4.64. The SMILES string of the molecule is Cn1ccc(S(=O)(=O)N2CCc3cccc(N)c3C2)c1. The van der Waals surface area contributed by atoms with Gasteiger partial charge in [-0.15, -0.1) is 0 Å². The van der Waals surface area contributed by atoms with Crippen molar-refractivity contribution in [2.75, 3.05) is 12.3 Å². The van der Waals surface area contributed by atoms with Crippen molar-refractivity contribution >= 4 is 15.7 Å². The smallest absolute Gasteiger partial charge is 0.244 e. The van der Waals surface area contributed by atoms with Crippen molar-refractivity contribution in [1.29, 1.82) is 0 Å². The minimum absolute atomic E-state index is 0.331. The molecule has 0 spiro atoms. The van der Waals surface area contributed by atoms with E-state index in [0.717, 1.165) is 11.1 Å². The highest BCUT2D eigenvalue weighted by molar-refractivity contribution is 7.89. The fraction of sp³-hybridized carbons (Fsp3) is 0.286. The molecule has 1 aliphatic rings. The first-order chi connectivity index (χ1) is 9.48. The van der Waals surface area contributed by atoms with Gasteiger partial charge in [0, 0.05) is 38.2 Å². The molecule has 0 saturated carbocycles. The maximum absolute atomic E-state index is 12.6. The molecule has 5 nitrogen and oxygen atoms in total. The van der Waals surface area contributed by atoms with Gasteiger partial charge in [-0.1, -0.05) is 12.1 Å². The number of aromatic nitrogens is 1. The van der Waals surface area contributed by atoms with Gasteiger partial charge >= 0.3 is 0 Å². The van der Waals surface area contributed by atoms with Crippen LogP contribution in [0, 0.1) is 0 Å². The number of sulfonamides is 1. The first kappa shape index (κ1) is 13.2. The normalized spacial score (nSPS) is 16.1. The summed E-state index contributed by atoms with van der Waals surface area (Å²) in [6.07, 6.45) is 4.06. The van der Waals surface area contributed by atoms with Crippen LogP contribution in [0.4, 0.5) is 5.69 Å². The van der Waals surface area contributed by atoms with Gasteiger partial charge in [0.25, 0.3) is 0 Å². The van der Waals surface area contributed by atoms with Gasteiger partial charge in [0.2, 0.25) is 10.0 Å². The molecule has 2 aromatic rings. The lowest BCUT2D eigenvalue weighted by Crippen LogP contribution is -2.36. The minimum Gasteiger partial charge on any atom is -0.398 e. The second-order valence-electron chi connectivity index (χ2n) is 5.09. The average molecular weight is 291 g/mol. The highest BCUT2D eigenvalue weighted by atomic mass is 32.2. The molecule has 0 unspecified atom stereocenters. The molecule has 0 radical (unpaired) electrons.